The second kappa shape index (κ2) is 6.75. The molecule has 1 aliphatic rings. The molecule has 0 saturated carbocycles. The fourth-order valence-corrected chi connectivity index (χ4v) is 3.84. The molecular weight excluding hydrogens is 334 g/mol. The zero-order valence-electron chi connectivity index (χ0n) is 15.2. The summed E-state index contributed by atoms with van der Waals surface area (Å²) in [6.07, 6.45) is 6.48. The predicted molar refractivity (Wildman–Crippen MR) is 99.1 cm³/mol. The molecule has 1 N–H and O–H groups in total. The maximum Gasteiger partial charge on any atom is 0.251 e. The second-order valence-corrected chi connectivity index (χ2v) is 8.91. The van der Waals surface area contributed by atoms with Crippen LogP contribution in [-0.2, 0) is 22.8 Å². The SMILES string of the molecule is C[S@@](=O)c1ccc(C(=O)N[C@@H]2CCCc3c2cnn3C(C)(C)C)cc1. The summed E-state index contributed by atoms with van der Waals surface area (Å²) in [5, 5.41) is 7.70. The van der Waals surface area contributed by atoms with Crippen LogP contribution in [-0.4, -0.2) is 26.2 Å². The molecule has 3 rings (SSSR count). The van der Waals surface area contributed by atoms with Gasteiger partial charge in [0.1, 0.15) is 0 Å². The summed E-state index contributed by atoms with van der Waals surface area (Å²) in [5.41, 5.74) is 2.87. The first-order chi connectivity index (χ1) is 11.8. The van der Waals surface area contributed by atoms with Gasteiger partial charge in [0.05, 0.1) is 17.8 Å². The van der Waals surface area contributed by atoms with Crippen molar-refractivity contribution in [1.29, 1.82) is 0 Å². The van der Waals surface area contributed by atoms with Crippen molar-refractivity contribution in [3.8, 4) is 0 Å². The van der Waals surface area contributed by atoms with Crippen LogP contribution in [0.1, 0.15) is 61.3 Å². The number of nitrogens with one attached hydrogen (secondary N) is 1. The van der Waals surface area contributed by atoms with E-state index >= 15 is 0 Å². The monoisotopic (exact) mass is 359 g/mol. The first-order valence-electron chi connectivity index (χ1n) is 8.59. The minimum Gasteiger partial charge on any atom is -0.345 e. The van der Waals surface area contributed by atoms with Crippen LogP contribution >= 0.6 is 0 Å². The van der Waals surface area contributed by atoms with Crippen molar-refractivity contribution < 1.29 is 9.00 Å². The van der Waals surface area contributed by atoms with Gasteiger partial charge < -0.3 is 5.32 Å². The number of nitrogens with zero attached hydrogens (tertiary/aromatic N) is 2. The van der Waals surface area contributed by atoms with Crippen molar-refractivity contribution in [3.05, 3.63) is 47.3 Å². The molecule has 0 saturated heterocycles. The average Bonchev–Trinajstić information content (AvgIpc) is 3.00. The third kappa shape index (κ3) is 3.68. The van der Waals surface area contributed by atoms with Gasteiger partial charge in [-0.1, -0.05) is 0 Å². The molecule has 2 atom stereocenters. The standard InChI is InChI=1S/C19H25N3O2S/c1-19(2,3)22-17-7-5-6-16(15(17)12-20-22)21-18(23)13-8-10-14(11-9-13)25(4)24/h8-12,16H,5-7H2,1-4H3,(H,21,23)/t16-,25-/m1/s1. The molecule has 5 nitrogen and oxygen atoms in total. The highest BCUT2D eigenvalue weighted by Gasteiger charge is 2.29. The Balaban J connectivity index is 1.79. The molecule has 6 heteroatoms. The highest BCUT2D eigenvalue weighted by Crippen LogP contribution is 2.32. The van der Waals surface area contributed by atoms with Gasteiger partial charge in [0.25, 0.3) is 5.91 Å². The lowest BCUT2D eigenvalue weighted by Crippen LogP contribution is -2.32. The van der Waals surface area contributed by atoms with Crippen LogP contribution in [0.25, 0.3) is 0 Å². The van der Waals surface area contributed by atoms with Gasteiger partial charge in [0.15, 0.2) is 0 Å². The summed E-state index contributed by atoms with van der Waals surface area (Å²) < 4.78 is 13.5. The van der Waals surface area contributed by atoms with E-state index in [0.29, 0.717) is 5.56 Å². The number of hydrogen-bond donors (Lipinski definition) is 1. The summed E-state index contributed by atoms with van der Waals surface area (Å²) in [4.78, 5) is 13.3. The maximum atomic E-state index is 12.6. The number of carbonyl (C=O) groups is 1. The quantitative estimate of drug-likeness (QED) is 0.915. The van der Waals surface area contributed by atoms with Crippen LogP contribution in [0.5, 0.6) is 0 Å². The molecule has 1 aromatic carbocycles. The van der Waals surface area contributed by atoms with Gasteiger partial charge in [-0.15, -0.1) is 0 Å². The fraction of sp³-hybridized carbons (Fsp3) is 0.474. The number of hydrogen-bond acceptors (Lipinski definition) is 3. The first-order valence-corrected chi connectivity index (χ1v) is 10.1. The van der Waals surface area contributed by atoms with E-state index in [9.17, 15) is 9.00 Å². The van der Waals surface area contributed by atoms with Crippen molar-refractivity contribution in [3.63, 3.8) is 0 Å². The average molecular weight is 359 g/mol. The Hall–Kier alpha value is -1.95. The van der Waals surface area contributed by atoms with Crippen LogP contribution < -0.4 is 5.32 Å². The number of fused-ring (bicyclic) bond motifs is 1. The van der Waals surface area contributed by atoms with Gasteiger partial charge >= 0.3 is 0 Å². The molecule has 1 aromatic heterocycles. The van der Waals surface area contributed by atoms with Gasteiger partial charge in [0, 0.05) is 38.8 Å². The number of rotatable bonds is 3. The molecule has 25 heavy (non-hydrogen) atoms. The van der Waals surface area contributed by atoms with Crippen LogP contribution in [0, 0.1) is 0 Å². The van der Waals surface area contributed by atoms with Gasteiger partial charge in [-0.05, 0) is 64.3 Å². The summed E-state index contributed by atoms with van der Waals surface area (Å²) >= 11 is 0. The van der Waals surface area contributed by atoms with Crippen LogP contribution in [0.15, 0.2) is 35.4 Å². The Kier molecular flexibility index (Phi) is 4.82. The van der Waals surface area contributed by atoms with Gasteiger partial charge in [-0.2, -0.15) is 5.10 Å². The van der Waals surface area contributed by atoms with E-state index in [4.69, 9.17) is 0 Å². The largest absolute Gasteiger partial charge is 0.345 e. The highest BCUT2D eigenvalue weighted by molar-refractivity contribution is 7.84. The van der Waals surface area contributed by atoms with Crippen LogP contribution in [0.2, 0.25) is 0 Å². The molecule has 0 radical (unpaired) electrons. The molecule has 1 heterocycles. The topological polar surface area (TPSA) is 64.0 Å². The van der Waals surface area contributed by atoms with Crippen molar-refractivity contribution in [1.82, 2.24) is 15.1 Å². The molecule has 0 unspecified atom stereocenters. The fourth-order valence-electron chi connectivity index (χ4n) is 3.32. The van der Waals surface area contributed by atoms with E-state index in [1.165, 1.54) is 5.69 Å². The number of aromatic nitrogens is 2. The lowest BCUT2D eigenvalue weighted by atomic mass is 9.92. The zero-order valence-corrected chi connectivity index (χ0v) is 16.0. The Morgan fingerprint density at radius 3 is 2.56 bits per heavy atom. The van der Waals surface area contributed by atoms with E-state index < -0.39 is 10.8 Å². The van der Waals surface area contributed by atoms with Crippen molar-refractivity contribution in [2.45, 2.75) is 56.5 Å². The van der Waals surface area contributed by atoms with E-state index in [1.807, 2.05) is 6.20 Å². The molecular formula is C19H25N3O2S. The summed E-state index contributed by atoms with van der Waals surface area (Å²) in [7, 11) is -1.04. The summed E-state index contributed by atoms with van der Waals surface area (Å²) in [6.45, 7) is 6.42. The Morgan fingerprint density at radius 2 is 1.96 bits per heavy atom. The van der Waals surface area contributed by atoms with E-state index in [2.05, 4.69) is 35.9 Å². The molecule has 2 aromatic rings. The van der Waals surface area contributed by atoms with E-state index in [-0.39, 0.29) is 17.5 Å². The lowest BCUT2D eigenvalue weighted by Gasteiger charge is -2.28. The molecule has 0 bridgehead atoms. The molecule has 0 aliphatic heterocycles. The summed E-state index contributed by atoms with van der Waals surface area (Å²) in [5.74, 6) is -0.102. The maximum absolute atomic E-state index is 12.6. The Morgan fingerprint density at radius 1 is 1.28 bits per heavy atom. The smallest absolute Gasteiger partial charge is 0.251 e. The summed E-state index contributed by atoms with van der Waals surface area (Å²) in [6, 6.07) is 6.94. The van der Waals surface area contributed by atoms with Gasteiger partial charge in [-0.3, -0.25) is 13.7 Å². The molecule has 0 spiro atoms. The van der Waals surface area contributed by atoms with Crippen LogP contribution in [0.3, 0.4) is 0 Å². The molecule has 0 fully saturated rings. The third-order valence-electron chi connectivity index (χ3n) is 4.57. The number of carbonyl (C=O) groups excluding carboxylic acids is 1. The number of amides is 1. The molecule has 1 aliphatic carbocycles. The van der Waals surface area contributed by atoms with Gasteiger partial charge in [0.2, 0.25) is 0 Å². The predicted octanol–water partition coefficient (Wildman–Crippen LogP) is 3.18. The highest BCUT2D eigenvalue weighted by atomic mass is 32.2. The normalized spacial score (nSPS) is 18.5. The minimum atomic E-state index is -1.04. The second-order valence-electron chi connectivity index (χ2n) is 7.53. The van der Waals surface area contributed by atoms with Crippen molar-refractivity contribution >= 4 is 16.7 Å². The zero-order chi connectivity index (χ0) is 18.2. The Bertz CT molecular complexity index is 803. The van der Waals surface area contributed by atoms with E-state index in [1.54, 1.807) is 30.5 Å². The first kappa shape index (κ1) is 17.9. The van der Waals surface area contributed by atoms with E-state index in [0.717, 1.165) is 29.7 Å². The number of benzene rings is 1. The van der Waals surface area contributed by atoms with Crippen LogP contribution in [0.4, 0.5) is 0 Å². The van der Waals surface area contributed by atoms with Crippen molar-refractivity contribution in [2.24, 2.45) is 0 Å². The van der Waals surface area contributed by atoms with Crippen molar-refractivity contribution in [2.75, 3.05) is 6.26 Å². The van der Waals surface area contributed by atoms with Gasteiger partial charge in [-0.25, -0.2) is 0 Å². The molecule has 1 amide bonds. The minimum absolute atomic E-state index is 0.00710. The Labute approximate surface area is 151 Å². The molecule has 134 valence electrons. The third-order valence-corrected chi connectivity index (χ3v) is 5.51. The lowest BCUT2D eigenvalue weighted by molar-refractivity contribution is 0.0932.